The Balaban J connectivity index is 2.05. The fraction of sp³-hybridized carbons (Fsp3) is 0.182. The van der Waals surface area contributed by atoms with E-state index in [0.29, 0.717) is 11.3 Å². The van der Waals surface area contributed by atoms with E-state index in [1.807, 2.05) is 28.3 Å². The number of hydrogen-bond donors (Lipinski definition) is 1. The molecule has 3 aromatic rings. The zero-order valence-electron chi connectivity index (χ0n) is 10.2. The van der Waals surface area contributed by atoms with Gasteiger partial charge in [0.1, 0.15) is 6.33 Å². The van der Waals surface area contributed by atoms with Crippen molar-refractivity contribution < 1.29 is 0 Å². The van der Waals surface area contributed by atoms with Gasteiger partial charge in [-0.3, -0.25) is 14.6 Å². The van der Waals surface area contributed by atoms with Gasteiger partial charge in [-0.15, -0.1) is 10.2 Å². The van der Waals surface area contributed by atoms with E-state index in [0.717, 1.165) is 17.2 Å². The molecule has 0 fully saturated rings. The van der Waals surface area contributed by atoms with E-state index in [-0.39, 0.29) is 0 Å². The largest absolute Gasteiger partial charge is 0.319 e. The maximum Gasteiger partial charge on any atom is 0.195 e. The Morgan fingerprint density at radius 1 is 1.32 bits per heavy atom. The third-order valence-corrected chi connectivity index (χ3v) is 3.11. The number of nitrogens with zero attached hydrogens (tertiary/aromatic N) is 6. The highest BCUT2D eigenvalue weighted by molar-refractivity contribution is 7.71. The van der Waals surface area contributed by atoms with E-state index < -0.39 is 0 Å². The van der Waals surface area contributed by atoms with Crippen molar-refractivity contribution in [3.8, 4) is 11.4 Å². The van der Waals surface area contributed by atoms with Crippen LogP contribution in [0.5, 0.6) is 0 Å². The summed E-state index contributed by atoms with van der Waals surface area (Å²) in [5, 5.41) is 15.0. The normalized spacial score (nSPS) is 10.8. The lowest BCUT2D eigenvalue weighted by atomic mass is 10.2. The highest BCUT2D eigenvalue weighted by Gasteiger charge is 2.11. The topological polar surface area (TPSA) is 77.2 Å². The van der Waals surface area contributed by atoms with Crippen LogP contribution < -0.4 is 0 Å². The van der Waals surface area contributed by atoms with Crippen molar-refractivity contribution >= 4 is 12.2 Å². The summed E-state index contributed by atoms with van der Waals surface area (Å²) in [6.07, 6.45) is 5.10. The van der Waals surface area contributed by atoms with Crippen LogP contribution in [0.25, 0.3) is 11.4 Å². The zero-order chi connectivity index (χ0) is 13.2. The van der Waals surface area contributed by atoms with Gasteiger partial charge in [-0.1, -0.05) is 0 Å². The first-order valence-electron chi connectivity index (χ1n) is 5.64. The quantitative estimate of drug-likeness (QED) is 0.725. The van der Waals surface area contributed by atoms with Gasteiger partial charge >= 0.3 is 0 Å². The van der Waals surface area contributed by atoms with Crippen LogP contribution in [0.1, 0.15) is 5.82 Å². The Morgan fingerprint density at radius 3 is 2.79 bits per heavy atom. The Labute approximate surface area is 114 Å². The second kappa shape index (κ2) is 4.73. The Bertz CT molecular complexity index is 740. The van der Waals surface area contributed by atoms with Gasteiger partial charge in [0.25, 0.3) is 0 Å². The summed E-state index contributed by atoms with van der Waals surface area (Å²) in [7, 11) is 1.89. The number of aromatic amines is 1. The van der Waals surface area contributed by atoms with Crippen LogP contribution in [-0.4, -0.2) is 34.5 Å². The number of rotatable bonds is 3. The summed E-state index contributed by atoms with van der Waals surface area (Å²) in [6.45, 7) is 0.517. The molecule has 3 aromatic heterocycles. The van der Waals surface area contributed by atoms with Crippen molar-refractivity contribution in [2.24, 2.45) is 7.05 Å². The number of aryl methyl sites for hydroxylation is 1. The van der Waals surface area contributed by atoms with E-state index in [2.05, 4.69) is 25.4 Å². The lowest BCUT2D eigenvalue weighted by molar-refractivity contribution is 0.694. The second-order valence-corrected chi connectivity index (χ2v) is 4.42. The highest BCUT2D eigenvalue weighted by atomic mass is 32.1. The monoisotopic (exact) mass is 273 g/mol. The Morgan fingerprint density at radius 2 is 2.11 bits per heavy atom. The molecule has 0 aliphatic carbocycles. The third kappa shape index (κ3) is 2.17. The number of pyridine rings is 1. The van der Waals surface area contributed by atoms with Gasteiger partial charge < -0.3 is 4.57 Å². The van der Waals surface area contributed by atoms with Gasteiger partial charge in [-0.25, -0.2) is 0 Å². The van der Waals surface area contributed by atoms with Gasteiger partial charge in [0.05, 0.1) is 6.54 Å². The van der Waals surface area contributed by atoms with Crippen LogP contribution in [0.2, 0.25) is 0 Å². The molecule has 19 heavy (non-hydrogen) atoms. The molecular formula is C11H11N7S. The first kappa shape index (κ1) is 11.7. The third-order valence-electron chi connectivity index (χ3n) is 2.80. The minimum absolute atomic E-state index is 0.517. The standard InChI is InChI=1S/C11H11N7S/c1-17-7-13-14-9(17)6-18-10(15-16-11(18)19)8-2-4-12-5-3-8/h2-5,7H,6H2,1H3,(H,16,19). The molecule has 3 heterocycles. The molecule has 0 aliphatic heterocycles. The summed E-state index contributed by atoms with van der Waals surface area (Å²) in [5.74, 6) is 1.57. The van der Waals surface area contributed by atoms with E-state index in [1.165, 1.54) is 0 Å². The minimum atomic E-state index is 0.517. The average molecular weight is 273 g/mol. The summed E-state index contributed by atoms with van der Waals surface area (Å²) < 4.78 is 4.29. The Kier molecular flexibility index (Phi) is 2.92. The van der Waals surface area contributed by atoms with Crippen molar-refractivity contribution in [2.45, 2.75) is 6.54 Å². The fourth-order valence-corrected chi connectivity index (χ4v) is 1.97. The average Bonchev–Trinajstić information content (AvgIpc) is 2.99. The van der Waals surface area contributed by atoms with Crippen LogP contribution in [0.4, 0.5) is 0 Å². The van der Waals surface area contributed by atoms with Crippen molar-refractivity contribution in [3.63, 3.8) is 0 Å². The summed E-state index contributed by atoms with van der Waals surface area (Å²) in [4.78, 5) is 4.00. The number of H-pyrrole nitrogens is 1. The molecule has 96 valence electrons. The molecule has 0 spiro atoms. The molecular weight excluding hydrogens is 262 g/mol. The van der Waals surface area contributed by atoms with Crippen LogP contribution in [-0.2, 0) is 13.6 Å². The smallest absolute Gasteiger partial charge is 0.195 e. The Hall–Kier alpha value is -2.35. The van der Waals surface area contributed by atoms with Crippen molar-refractivity contribution in [2.75, 3.05) is 0 Å². The maximum absolute atomic E-state index is 5.26. The number of hydrogen-bond acceptors (Lipinski definition) is 5. The molecule has 0 bridgehead atoms. The zero-order valence-corrected chi connectivity index (χ0v) is 11.0. The molecule has 8 heteroatoms. The van der Waals surface area contributed by atoms with Gasteiger partial charge in [-0.2, -0.15) is 5.10 Å². The highest BCUT2D eigenvalue weighted by Crippen LogP contribution is 2.16. The minimum Gasteiger partial charge on any atom is -0.319 e. The van der Waals surface area contributed by atoms with Crippen LogP contribution in [0, 0.1) is 4.77 Å². The van der Waals surface area contributed by atoms with Gasteiger partial charge in [-0.05, 0) is 24.4 Å². The van der Waals surface area contributed by atoms with Gasteiger partial charge in [0, 0.05) is 25.0 Å². The first-order chi connectivity index (χ1) is 9.25. The van der Waals surface area contributed by atoms with Gasteiger partial charge in [0.2, 0.25) is 0 Å². The number of aromatic nitrogens is 7. The molecule has 1 N–H and O–H groups in total. The second-order valence-electron chi connectivity index (χ2n) is 4.03. The van der Waals surface area contributed by atoms with E-state index >= 15 is 0 Å². The molecule has 0 aliphatic rings. The summed E-state index contributed by atoms with van der Waals surface area (Å²) in [6, 6.07) is 3.77. The van der Waals surface area contributed by atoms with E-state index in [1.54, 1.807) is 18.7 Å². The maximum atomic E-state index is 5.26. The van der Waals surface area contributed by atoms with E-state index in [9.17, 15) is 0 Å². The van der Waals surface area contributed by atoms with Crippen molar-refractivity contribution in [1.29, 1.82) is 0 Å². The molecule has 7 nitrogen and oxygen atoms in total. The lowest BCUT2D eigenvalue weighted by Crippen LogP contribution is -2.07. The van der Waals surface area contributed by atoms with Crippen molar-refractivity contribution in [1.82, 2.24) is 34.5 Å². The molecule has 0 saturated carbocycles. The molecule has 0 radical (unpaired) electrons. The summed E-state index contributed by atoms with van der Waals surface area (Å²) in [5.41, 5.74) is 0.949. The van der Waals surface area contributed by atoms with Crippen LogP contribution in [0.15, 0.2) is 30.9 Å². The molecule has 0 saturated heterocycles. The van der Waals surface area contributed by atoms with E-state index in [4.69, 9.17) is 12.2 Å². The first-order valence-corrected chi connectivity index (χ1v) is 6.05. The molecule has 3 rings (SSSR count). The van der Waals surface area contributed by atoms with Gasteiger partial charge in [0.15, 0.2) is 16.4 Å². The lowest BCUT2D eigenvalue weighted by Gasteiger charge is -2.05. The molecule has 0 amide bonds. The van der Waals surface area contributed by atoms with Crippen molar-refractivity contribution in [3.05, 3.63) is 41.4 Å². The molecule has 0 unspecified atom stereocenters. The molecule has 0 atom stereocenters. The fourth-order valence-electron chi connectivity index (χ4n) is 1.78. The SMILES string of the molecule is Cn1cnnc1Cn1c(-c2ccncc2)n[nH]c1=S. The summed E-state index contributed by atoms with van der Waals surface area (Å²) >= 11 is 5.26. The molecule has 0 aromatic carbocycles. The number of nitrogens with one attached hydrogen (secondary N) is 1. The van der Waals surface area contributed by atoms with Crippen LogP contribution >= 0.6 is 12.2 Å². The van der Waals surface area contributed by atoms with Crippen LogP contribution in [0.3, 0.4) is 0 Å². The predicted molar refractivity (Wildman–Crippen MR) is 70.7 cm³/mol. The predicted octanol–water partition coefficient (Wildman–Crippen LogP) is 1.18.